The summed E-state index contributed by atoms with van der Waals surface area (Å²) in [6, 6.07) is 0. The van der Waals surface area contributed by atoms with E-state index in [-0.39, 0.29) is 12.9 Å². The molecule has 0 spiro atoms. The first-order valence-electron chi connectivity index (χ1n) is 5.45. The fourth-order valence-electron chi connectivity index (χ4n) is 1.61. The molecule has 4 nitrogen and oxygen atoms in total. The van der Waals surface area contributed by atoms with Crippen molar-refractivity contribution in [1.82, 2.24) is 0 Å². The van der Waals surface area contributed by atoms with Gasteiger partial charge >= 0.3 is 0 Å². The summed E-state index contributed by atoms with van der Waals surface area (Å²) in [7, 11) is 1.62. The molecule has 0 unspecified atom stereocenters. The minimum Gasteiger partial charge on any atom is -0.382 e. The van der Waals surface area contributed by atoms with Gasteiger partial charge in [0.2, 0.25) is 0 Å². The second kappa shape index (κ2) is 6.81. The van der Waals surface area contributed by atoms with E-state index in [1.807, 2.05) is 6.08 Å². The van der Waals surface area contributed by atoms with Crippen molar-refractivity contribution in [2.75, 3.05) is 27.1 Å². The van der Waals surface area contributed by atoms with E-state index >= 15 is 0 Å². The number of methoxy groups -OCH3 is 1. The van der Waals surface area contributed by atoms with Crippen LogP contribution in [0, 0.1) is 0 Å². The molecule has 0 heterocycles. The van der Waals surface area contributed by atoms with Crippen molar-refractivity contribution in [2.24, 2.45) is 0 Å². The normalized spacial score (nSPS) is 29.2. The molecule has 0 fully saturated rings. The minimum absolute atomic E-state index is 0.165. The zero-order valence-electron chi connectivity index (χ0n) is 9.72. The Labute approximate surface area is 96.5 Å². The Morgan fingerprint density at radius 1 is 1.56 bits per heavy atom. The van der Waals surface area contributed by atoms with Crippen molar-refractivity contribution in [3.63, 3.8) is 0 Å². The third kappa shape index (κ3) is 3.72. The summed E-state index contributed by atoms with van der Waals surface area (Å²) < 4.78 is 15.5. The summed E-state index contributed by atoms with van der Waals surface area (Å²) in [5.74, 6) is 0. The van der Waals surface area contributed by atoms with E-state index < -0.39 is 5.60 Å². The Kier molecular flexibility index (Phi) is 5.69. The summed E-state index contributed by atoms with van der Waals surface area (Å²) in [5.41, 5.74) is -1.07. The van der Waals surface area contributed by atoms with E-state index in [2.05, 4.69) is 6.58 Å². The number of aliphatic hydroxyl groups is 1. The predicted octanol–water partition coefficient (Wildman–Crippen LogP) is 1.26. The summed E-state index contributed by atoms with van der Waals surface area (Å²) in [6.45, 7) is 4.82. The Bertz CT molecular complexity index is 239. The molecule has 0 aromatic carbocycles. The molecule has 1 rings (SSSR count). The van der Waals surface area contributed by atoms with Crippen molar-refractivity contribution >= 4 is 0 Å². The van der Waals surface area contributed by atoms with E-state index in [1.54, 1.807) is 13.2 Å². The van der Waals surface area contributed by atoms with Crippen molar-refractivity contribution in [3.8, 4) is 0 Å². The number of ether oxygens (including phenoxy) is 3. The molecule has 0 amide bonds. The number of hydrogen-bond acceptors (Lipinski definition) is 4. The smallest absolute Gasteiger partial charge is 0.147 e. The number of rotatable bonds is 7. The van der Waals surface area contributed by atoms with Crippen LogP contribution in [-0.2, 0) is 14.2 Å². The highest BCUT2D eigenvalue weighted by molar-refractivity contribution is 5.18. The lowest BCUT2D eigenvalue weighted by atomic mass is 9.88. The summed E-state index contributed by atoms with van der Waals surface area (Å²) in [4.78, 5) is 0. The van der Waals surface area contributed by atoms with E-state index in [4.69, 9.17) is 14.2 Å². The van der Waals surface area contributed by atoms with Crippen LogP contribution in [0.5, 0.6) is 0 Å². The standard InChI is InChI=1S/C12H20O4/c1-3-12(13)7-5-4-6-11(12)16-10-15-9-8-14-2/h3,5,7,11,13H,1,4,6,8-10H2,2H3/t11-,12-/m1/s1. The molecule has 1 N–H and O–H groups in total. The molecule has 1 aliphatic carbocycles. The zero-order valence-corrected chi connectivity index (χ0v) is 9.72. The highest BCUT2D eigenvalue weighted by atomic mass is 16.7. The fraction of sp³-hybridized carbons (Fsp3) is 0.667. The van der Waals surface area contributed by atoms with Gasteiger partial charge in [-0.3, -0.25) is 0 Å². The summed E-state index contributed by atoms with van der Waals surface area (Å²) in [6.07, 6.45) is 6.56. The van der Waals surface area contributed by atoms with Crippen molar-refractivity contribution in [2.45, 2.75) is 24.5 Å². The molecule has 0 saturated heterocycles. The Balaban J connectivity index is 2.29. The van der Waals surface area contributed by atoms with Crippen molar-refractivity contribution in [3.05, 3.63) is 24.8 Å². The quantitative estimate of drug-likeness (QED) is 0.405. The minimum atomic E-state index is -1.07. The third-order valence-electron chi connectivity index (χ3n) is 2.61. The van der Waals surface area contributed by atoms with Crippen LogP contribution in [-0.4, -0.2) is 43.9 Å². The van der Waals surface area contributed by atoms with E-state index in [0.717, 1.165) is 12.8 Å². The maximum absolute atomic E-state index is 10.1. The molecule has 16 heavy (non-hydrogen) atoms. The van der Waals surface area contributed by atoms with Crippen LogP contribution < -0.4 is 0 Å². The van der Waals surface area contributed by atoms with Crippen molar-refractivity contribution in [1.29, 1.82) is 0 Å². The average Bonchev–Trinajstić information content (AvgIpc) is 2.31. The van der Waals surface area contributed by atoms with Gasteiger partial charge in [-0.15, -0.1) is 0 Å². The monoisotopic (exact) mass is 228 g/mol. The lowest BCUT2D eigenvalue weighted by Gasteiger charge is -2.33. The molecule has 2 atom stereocenters. The van der Waals surface area contributed by atoms with Gasteiger partial charge in [0.15, 0.2) is 0 Å². The van der Waals surface area contributed by atoms with Crippen LogP contribution in [0.2, 0.25) is 0 Å². The Morgan fingerprint density at radius 3 is 3.06 bits per heavy atom. The molecule has 0 radical (unpaired) electrons. The first kappa shape index (κ1) is 13.4. The largest absolute Gasteiger partial charge is 0.382 e. The highest BCUT2D eigenvalue weighted by Gasteiger charge is 2.33. The first-order valence-corrected chi connectivity index (χ1v) is 5.45. The number of hydrogen-bond donors (Lipinski definition) is 1. The zero-order chi connectivity index (χ0) is 11.9. The average molecular weight is 228 g/mol. The predicted molar refractivity (Wildman–Crippen MR) is 61.1 cm³/mol. The molecule has 0 aromatic rings. The van der Waals surface area contributed by atoms with E-state index in [9.17, 15) is 5.11 Å². The topological polar surface area (TPSA) is 47.9 Å². The molecule has 0 bridgehead atoms. The SMILES string of the molecule is C=C[C@@]1(O)C=CCC[C@H]1OCOCCOC. The van der Waals surface area contributed by atoms with Crippen LogP contribution in [0.1, 0.15) is 12.8 Å². The maximum Gasteiger partial charge on any atom is 0.147 e. The van der Waals surface area contributed by atoms with Gasteiger partial charge in [0, 0.05) is 7.11 Å². The van der Waals surface area contributed by atoms with Crippen LogP contribution in [0.3, 0.4) is 0 Å². The van der Waals surface area contributed by atoms with Gasteiger partial charge in [0.05, 0.1) is 19.3 Å². The van der Waals surface area contributed by atoms with Crippen LogP contribution in [0.15, 0.2) is 24.8 Å². The molecule has 0 aromatic heterocycles. The van der Waals surface area contributed by atoms with Crippen LogP contribution in [0.4, 0.5) is 0 Å². The van der Waals surface area contributed by atoms with E-state index in [1.165, 1.54) is 6.08 Å². The highest BCUT2D eigenvalue weighted by Crippen LogP contribution is 2.26. The second-order valence-corrected chi connectivity index (χ2v) is 3.75. The fourth-order valence-corrected chi connectivity index (χ4v) is 1.61. The summed E-state index contributed by atoms with van der Waals surface area (Å²) >= 11 is 0. The van der Waals surface area contributed by atoms with Gasteiger partial charge in [-0.1, -0.05) is 24.8 Å². The molecule has 0 aliphatic heterocycles. The molecular formula is C12H20O4. The van der Waals surface area contributed by atoms with Gasteiger partial charge in [-0.05, 0) is 12.8 Å². The molecule has 1 aliphatic rings. The molecule has 0 saturated carbocycles. The van der Waals surface area contributed by atoms with Crippen LogP contribution >= 0.6 is 0 Å². The van der Waals surface area contributed by atoms with Gasteiger partial charge in [-0.2, -0.15) is 0 Å². The van der Waals surface area contributed by atoms with Crippen LogP contribution in [0.25, 0.3) is 0 Å². The third-order valence-corrected chi connectivity index (χ3v) is 2.61. The van der Waals surface area contributed by atoms with Gasteiger partial charge in [0.1, 0.15) is 12.4 Å². The Hall–Kier alpha value is -0.680. The van der Waals surface area contributed by atoms with Gasteiger partial charge < -0.3 is 19.3 Å². The molecule has 92 valence electrons. The van der Waals surface area contributed by atoms with Gasteiger partial charge in [0.25, 0.3) is 0 Å². The van der Waals surface area contributed by atoms with Gasteiger partial charge in [-0.25, -0.2) is 0 Å². The van der Waals surface area contributed by atoms with E-state index in [0.29, 0.717) is 13.2 Å². The summed E-state index contributed by atoms with van der Waals surface area (Å²) in [5, 5.41) is 10.1. The number of allylic oxidation sites excluding steroid dienone is 1. The lowest BCUT2D eigenvalue weighted by Crippen LogP contribution is -2.42. The Morgan fingerprint density at radius 2 is 2.38 bits per heavy atom. The molecule has 4 heteroatoms. The second-order valence-electron chi connectivity index (χ2n) is 3.75. The first-order chi connectivity index (χ1) is 7.73. The lowest BCUT2D eigenvalue weighted by molar-refractivity contribution is -0.141. The van der Waals surface area contributed by atoms with Crippen molar-refractivity contribution < 1.29 is 19.3 Å². The molecular weight excluding hydrogens is 208 g/mol. The maximum atomic E-state index is 10.1.